The Morgan fingerprint density at radius 2 is 1.49 bits per heavy atom. The Morgan fingerprint density at radius 1 is 0.846 bits per heavy atom. The number of hydrogen-bond donors (Lipinski definition) is 3. The largest absolute Gasteiger partial charge is 0.396 e. The Bertz CT molecular complexity index is 1420. The average Bonchev–Trinajstić information content (AvgIpc) is 2.96. The molecule has 3 aromatic rings. The van der Waals surface area contributed by atoms with Crippen molar-refractivity contribution in [1.82, 2.24) is 10.2 Å². The minimum atomic E-state index is -4.05. The van der Waals surface area contributed by atoms with Gasteiger partial charge in [0.25, 0.3) is 15.9 Å². The zero-order valence-electron chi connectivity index (χ0n) is 21.4. The lowest BCUT2D eigenvalue weighted by Gasteiger charge is -2.31. The van der Waals surface area contributed by atoms with Crippen molar-refractivity contribution in [3.63, 3.8) is 0 Å². The number of ketones is 1. The van der Waals surface area contributed by atoms with Gasteiger partial charge in [-0.15, -0.1) is 0 Å². The summed E-state index contributed by atoms with van der Waals surface area (Å²) in [5.74, 6) is -0.576. The fourth-order valence-electron chi connectivity index (χ4n) is 4.53. The van der Waals surface area contributed by atoms with Gasteiger partial charge in [0.2, 0.25) is 5.91 Å². The molecule has 0 atom stereocenters. The van der Waals surface area contributed by atoms with E-state index in [-0.39, 0.29) is 46.6 Å². The molecule has 0 spiro atoms. The molecule has 39 heavy (non-hydrogen) atoms. The molecule has 0 radical (unpaired) electrons. The maximum atomic E-state index is 13.1. The molecule has 1 fully saturated rings. The van der Waals surface area contributed by atoms with Gasteiger partial charge in [0.15, 0.2) is 5.78 Å². The molecular formula is C29H31N3O6S. The number of piperidine rings is 1. The number of nitrogens with one attached hydrogen (secondary N) is 2. The van der Waals surface area contributed by atoms with Crippen molar-refractivity contribution in [1.29, 1.82) is 0 Å². The molecule has 9 nitrogen and oxygen atoms in total. The fourth-order valence-corrected chi connectivity index (χ4v) is 5.61. The molecule has 3 N–H and O–H groups in total. The fraction of sp³-hybridized carbons (Fsp3) is 0.276. The third-order valence-electron chi connectivity index (χ3n) is 6.78. The van der Waals surface area contributed by atoms with E-state index in [4.69, 9.17) is 5.11 Å². The predicted molar refractivity (Wildman–Crippen MR) is 147 cm³/mol. The molecule has 0 unspecified atom stereocenters. The summed E-state index contributed by atoms with van der Waals surface area (Å²) >= 11 is 0. The van der Waals surface area contributed by atoms with Crippen LogP contribution in [0.15, 0.2) is 83.8 Å². The van der Waals surface area contributed by atoms with Crippen molar-refractivity contribution >= 4 is 33.3 Å². The van der Waals surface area contributed by atoms with Crippen molar-refractivity contribution in [2.24, 2.45) is 5.92 Å². The number of anilines is 1. The van der Waals surface area contributed by atoms with Gasteiger partial charge in [-0.3, -0.25) is 19.1 Å². The molecule has 4 rings (SSSR count). The number of rotatable bonds is 10. The zero-order valence-corrected chi connectivity index (χ0v) is 22.2. The third kappa shape index (κ3) is 7.10. The van der Waals surface area contributed by atoms with E-state index in [9.17, 15) is 22.8 Å². The molecule has 0 saturated carbocycles. The van der Waals surface area contributed by atoms with Crippen molar-refractivity contribution in [2.45, 2.75) is 24.2 Å². The predicted octanol–water partition coefficient (Wildman–Crippen LogP) is 3.07. The second kappa shape index (κ2) is 12.7. The van der Waals surface area contributed by atoms with Crippen LogP contribution in [0.4, 0.5) is 5.69 Å². The maximum Gasteiger partial charge on any atom is 0.261 e. The summed E-state index contributed by atoms with van der Waals surface area (Å²) in [6.45, 7) is 1.18. The number of nitrogens with zero attached hydrogens (tertiary/aromatic N) is 1. The van der Waals surface area contributed by atoms with Crippen LogP contribution >= 0.6 is 0 Å². The lowest BCUT2D eigenvalue weighted by Crippen LogP contribution is -2.44. The van der Waals surface area contributed by atoms with Gasteiger partial charge in [-0.2, -0.15) is 0 Å². The molecule has 1 heterocycles. The Kier molecular flexibility index (Phi) is 9.11. The average molecular weight is 550 g/mol. The smallest absolute Gasteiger partial charge is 0.261 e. The van der Waals surface area contributed by atoms with Crippen molar-refractivity contribution in [2.75, 3.05) is 31.0 Å². The first kappa shape index (κ1) is 28.0. The lowest BCUT2D eigenvalue weighted by atomic mass is 9.94. The molecule has 2 amide bonds. The van der Waals surface area contributed by atoms with Gasteiger partial charge in [0, 0.05) is 36.4 Å². The van der Waals surface area contributed by atoms with Crippen LogP contribution in [-0.4, -0.2) is 62.3 Å². The van der Waals surface area contributed by atoms with Crippen molar-refractivity contribution < 1.29 is 27.9 Å². The summed E-state index contributed by atoms with van der Waals surface area (Å²) in [5.41, 5.74) is 1.00. The van der Waals surface area contributed by atoms with E-state index in [0.717, 1.165) is 19.3 Å². The van der Waals surface area contributed by atoms with Gasteiger partial charge in [-0.05, 0) is 61.6 Å². The molecule has 10 heteroatoms. The summed E-state index contributed by atoms with van der Waals surface area (Å²) < 4.78 is 28.6. The van der Waals surface area contributed by atoms with Crippen molar-refractivity contribution in [3.05, 3.63) is 95.6 Å². The quantitative estimate of drug-likeness (QED) is 0.333. The van der Waals surface area contributed by atoms with Gasteiger partial charge >= 0.3 is 0 Å². The first-order valence-electron chi connectivity index (χ1n) is 12.8. The lowest BCUT2D eigenvalue weighted by molar-refractivity contribution is -0.131. The minimum absolute atomic E-state index is 0.0807. The Hall–Kier alpha value is -4.02. The summed E-state index contributed by atoms with van der Waals surface area (Å²) in [4.78, 5) is 39.6. The highest BCUT2D eigenvalue weighted by molar-refractivity contribution is 7.92. The van der Waals surface area contributed by atoms with E-state index in [0.29, 0.717) is 24.6 Å². The van der Waals surface area contributed by atoms with E-state index in [1.807, 2.05) is 0 Å². The van der Waals surface area contributed by atoms with Gasteiger partial charge in [-0.1, -0.05) is 42.5 Å². The number of carbonyl (C=O) groups is 3. The van der Waals surface area contributed by atoms with E-state index in [1.165, 1.54) is 30.3 Å². The molecule has 0 bridgehead atoms. The number of sulfonamides is 1. The number of amides is 2. The van der Waals surface area contributed by atoms with E-state index in [2.05, 4.69) is 10.0 Å². The Morgan fingerprint density at radius 3 is 2.15 bits per heavy atom. The van der Waals surface area contributed by atoms with E-state index >= 15 is 0 Å². The summed E-state index contributed by atoms with van der Waals surface area (Å²) in [6, 6.07) is 20.3. The molecule has 204 valence electrons. The van der Waals surface area contributed by atoms with E-state index < -0.39 is 15.9 Å². The SMILES string of the molecule is O=C(NCC(=O)N1CCC(CCO)CC1)c1ccc(S(=O)(=O)Nc2ccccc2C(=O)c2ccccc2)cc1. The first-order chi connectivity index (χ1) is 18.8. The maximum absolute atomic E-state index is 13.1. The standard InChI is InChI=1S/C29H31N3O6S/c33-19-16-21-14-17-32(18-15-21)27(34)20-30-29(36)23-10-12-24(13-11-23)39(37,38)31-26-9-5-4-8-25(26)28(35)22-6-2-1-3-7-22/h1-13,21,31,33H,14-20H2,(H,30,36). The van der Waals surface area contributed by atoms with Gasteiger partial charge in [0.1, 0.15) is 0 Å². The second-order valence-electron chi connectivity index (χ2n) is 9.39. The normalized spacial score (nSPS) is 14.0. The summed E-state index contributed by atoms with van der Waals surface area (Å²) in [7, 11) is -4.05. The highest BCUT2D eigenvalue weighted by Crippen LogP contribution is 2.23. The van der Waals surface area contributed by atoms with Crippen LogP contribution in [0.3, 0.4) is 0 Å². The minimum Gasteiger partial charge on any atom is -0.396 e. The van der Waals surface area contributed by atoms with Crippen LogP contribution < -0.4 is 10.0 Å². The highest BCUT2D eigenvalue weighted by Gasteiger charge is 2.23. The van der Waals surface area contributed by atoms with Crippen LogP contribution in [0.1, 0.15) is 45.5 Å². The van der Waals surface area contributed by atoms with Crippen LogP contribution in [0.5, 0.6) is 0 Å². The van der Waals surface area contributed by atoms with Crippen LogP contribution in [0.2, 0.25) is 0 Å². The van der Waals surface area contributed by atoms with Crippen LogP contribution in [0, 0.1) is 5.92 Å². The molecule has 1 aliphatic heterocycles. The van der Waals surface area contributed by atoms with Crippen molar-refractivity contribution in [3.8, 4) is 0 Å². The molecule has 1 saturated heterocycles. The number of para-hydroxylation sites is 1. The monoisotopic (exact) mass is 549 g/mol. The van der Waals surface area contributed by atoms with Crippen LogP contribution in [-0.2, 0) is 14.8 Å². The number of aliphatic hydroxyl groups is 1. The summed E-state index contributed by atoms with van der Waals surface area (Å²) in [6.07, 6.45) is 2.39. The number of benzene rings is 3. The number of aliphatic hydroxyl groups excluding tert-OH is 1. The topological polar surface area (TPSA) is 133 Å². The molecule has 0 aromatic heterocycles. The molecule has 1 aliphatic rings. The van der Waals surface area contributed by atoms with Gasteiger partial charge in [0.05, 0.1) is 17.1 Å². The second-order valence-corrected chi connectivity index (χ2v) is 11.1. The zero-order chi connectivity index (χ0) is 27.8. The summed E-state index contributed by atoms with van der Waals surface area (Å²) in [5, 5.41) is 11.7. The van der Waals surface area contributed by atoms with E-state index in [1.54, 1.807) is 53.4 Å². The molecular weight excluding hydrogens is 518 g/mol. The molecule has 3 aromatic carbocycles. The highest BCUT2D eigenvalue weighted by atomic mass is 32.2. The Labute approximate surface area is 227 Å². The van der Waals surface area contributed by atoms with Gasteiger partial charge < -0.3 is 15.3 Å². The number of carbonyl (C=O) groups excluding carboxylic acids is 3. The molecule has 0 aliphatic carbocycles. The Balaban J connectivity index is 1.37. The first-order valence-corrected chi connectivity index (χ1v) is 14.3. The number of likely N-dealkylation sites (tertiary alicyclic amines) is 1. The third-order valence-corrected chi connectivity index (χ3v) is 8.16. The van der Waals surface area contributed by atoms with Gasteiger partial charge in [-0.25, -0.2) is 8.42 Å². The van der Waals surface area contributed by atoms with Crippen LogP contribution in [0.25, 0.3) is 0 Å². The number of hydrogen-bond acceptors (Lipinski definition) is 6.